The second kappa shape index (κ2) is 5.31. The average Bonchev–Trinajstić information content (AvgIpc) is 2.25. The number of hydrogen-bond acceptors (Lipinski definition) is 4. The standard InChI is InChI=1S/C10H9F3O3S/c1-15-7-3-6(9(14)16-2)4-8(5-7)17-10(11,12)13/h3-5H,1-2H3. The summed E-state index contributed by atoms with van der Waals surface area (Å²) in [5.41, 5.74) is -4.40. The highest BCUT2D eigenvalue weighted by atomic mass is 32.2. The van der Waals surface area contributed by atoms with Crippen molar-refractivity contribution in [1.29, 1.82) is 0 Å². The third-order valence-electron chi connectivity index (χ3n) is 1.77. The van der Waals surface area contributed by atoms with Gasteiger partial charge in [-0.05, 0) is 30.0 Å². The number of ether oxygens (including phenoxy) is 2. The molecule has 0 aliphatic heterocycles. The lowest BCUT2D eigenvalue weighted by molar-refractivity contribution is -0.0328. The van der Waals surface area contributed by atoms with Crippen molar-refractivity contribution < 1.29 is 27.4 Å². The monoisotopic (exact) mass is 266 g/mol. The molecule has 94 valence electrons. The van der Waals surface area contributed by atoms with Gasteiger partial charge >= 0.3 is 11.5 Å². The molecule has 0 radical (unpaired) electrons. The van der Waals surface area contributed by atoms with Gasteiger partial charge in [0.15, 0.2) is 0 Å². The lowest BCUT2D eigenvalue weighted by Crippen LogP contribution is -2.04. The Morgan fingerprint density at radius 1 is 1.24 bits per heavy atom. The van der Waals surface area contributed by atoms with Crippen molar-refractivity contribution in [2.24, 2.45) is 0 Å². The molecule has 0 fully saturated rings. The largest absolute Gasteiger partial charge is 0.497 e. The highest BCUT2D eigenvalue weighted by Gasteiger charge is 2.29. The number of esters is 1. The molecule has 0 atom stereocenters. The number of carbonyl (C=O) groups excluding carboxylic acids is 1. The van der Waals surface area contributed by atoms with Crippen molar-refractivity contribution in [2.75, 3.05) is 14.2 Å². The van der Waals surface area contributed by atoms with Gasteiger partial charge in [-0.25, -0.2) is 4.79 Å². The van der Waals surface area contributed by atoms with Crippen LogP contribution in [0, 0.1) is 0 Å². The van der Waals surface area contributed by atoms with Gasteiger partial charge in [0.05, 0.1) is 19.8 Å². The molecule has 1 rings (SSSR count). The molecule has 1 aromatic rings. The van der Waals surface area contributed by atoms with E-state index in [2.05, 4.69) is 4.74 Å². The van der Waals surface area contributed by atoms with Crippen molar-refractivity contribution in [1.82, 2.24) is 0 Å². The number of alkyl halides is 3. The summed E-state index contributed by atoms with van der Waals surface area (Å²) in [5.74, 6) is -0.549. The highest BCUT2D eigenvalue weighted by Crippen LogP contribution is 2.38. The summed E-state index contributed by atoms with van der Waals surface area (Å²) in [6.07, 6.45) is 0. The van der Waals surface area contributed by atoms with Crippen molar-refractivity contribution in [3.63, 3.8) is 0 Å². The van der Waals surface area contributed by atoms with Gasteiger partial charge in [-0.3, -0.25) is 0 Å². The zero-order chi connectivity index (χ0) is 13.1. The maximum absolute atomic E-state index is 12.2. The van der Waals surface area contributed by atoms with Crippen LogP contribution < -0.4 is 4.74 Å². The van der Waals surface area contributed by atoms with E-state index in [0.29, 0.717) is 0 Å². The topological polar surface area (TPSA) is 35.5 Å². The van der Waals surface area contributed by atoms with Crippen LogP contribution in [0.15, 0.2) is 23.1 Å². The van der Waals surface area contributed by atoms with Gasteiger partial charge in [0.25, 0.3) is 0 Å². The SMILES string of the molecule is COC(=O)c1cc(OC)cc(SC(F)(F)F)c1. The van der Waals surface area contributed by atoms with E-state index < -0.39 is 11.5 Å². The molecule has 3 nitrogen and oxygen atoms in total. The Bertz CT molecular complexity index is 418. The maximum Gasteiger partial charge on any atom is 0.446 e. The summed E-state index contributed by atoms with van der Waals surface area (Å²) in [6, 6.07) is 3.61. The molecule has 17 heavy (non-hydrogen) atoms. The molecule has 0 aromatic heterocycles. The van der Waals surface area contributed by atoms with E-state index in [1.54, 1.807) is 0 Å². The minimum atomic E-state index is -4.42. The quantitative estimate of drug-likeness (QED) is 0.622. The first-order valence-electron chi connectivity index (χ1n) is 4.39. The van der Waals surface area contributed by atoms with Crippen molar-refractivity contribution in [3.8, 4) is 5.75 Å². The summed E-state index contributed by atoms with van der Waals surface area (Å²) in [6.45, 7) is 0. The van der Waals surface area contributed by atoms with Crippen molar-refractivity contribution in [2.45, 2.75) is 10.4 Å². The first-order valence-corrected chi connectivity index (χ1v) is 5.20. The number of rotatable bonds is 3. The Labute approximate surface area is 99.9 Å². The molecule has 0 saturated heterocycles. The fourth-order valence-electron chi connectivity index (χ4n) is 1.12. The molecule has 0 bridgehead atoms. The third-order valence-corrected chi connectivity index (χ3v) is 2.47. The fourth-order valence-corrected chi connectivity index (χ4v) is 1.75. The first-order chi connectivity index (χ1) is 7.85. The molecule has 0 aliphatic rings. The van der Waals surface area contributed by atoms with Crippen LogP contribution in [-0.2, 0) is 4.74 Å². The van der Waals surface area contributed by atoms with E-state index in [-0.39, 0.29) is 28.0 Å². The van der Waals surface area contributed by atoms with Gasteiger partial charge in [-0.2, -0.15) is 13.2 Å². The van der Waals surface area contributed by atoms with E-state index in [1.807, 2.05) is 0 Å². The second-order valence-corrected chi connectivity index (χ2v) is 4.08. The Hall–Kier alpha value is -1.37. The Morgan fingerprint density at radius 3 is 2.35 bits per heavy atom. The second-order valence-electron chi connectivity index (χ2n) is 2.94. The minimum absolute atomic E-state index is 0.0126. The minimum Gasteiger partial charge on any atom is -0.497 e. The molecule has 0 saturated carbocycles. The van der Waals surface area contributed by atoms with Gasteiger partial charge in [-0.15, -0.1) is 0 Å². The molecule has 1 aromatic carbocycles. The summed E-state index contributed by atoms with van der Waals surface area (Å²) >= 11 is -0.315. The third kappa shape index (κ3) is 4.18. The van der Waals surface area contributed by atoms with Crippen molar-refractivity contribution in [3.05, 3.63) is 23.8 Å². The van der Waals surface area contributed by atoms with Crippen LogP contribution in [0.4, 0.5) is 13.2 Å². The number of benzene rings is 1. The molecule has 0 N–H and O–H groups in total. The van der Waals surface area contributed by atoms with Gasteiger partial charge in [0.2, 0.25) is 0 Å². The van der Waals surface area contributed by atoms with Gasteiger partial charge in [0, 0.05) is 4.90 Å². The zero-order valence-electron chi connectivity index (χ0n) is 9.00. The molecule has 0 heterocycles. The average molecular weight is 266 g/mol. The Balaban J connectivity index is 3.09. The van der Waals surface area contributed by atoms with Crippen LogP contribution in [0.2, 0.25) is 0 Å². The molecule has 0 amide bonds. The predicted molar refractivity (Wildman–Crippen MR) is 56.2 cm³/mol. The lowest BCUT2D eigenvalue weighted by Gasteiger charge is -2.09. The summed E-state index contributed by atoms with van der Waals surface area (Å²) in [5, 5.41) is 0. The molecule has 7 heteroatoms. The Morgan fingerprint density at radius 2 is 1.88 bits per heavy atom. The molecule has 0 aliphatic carbocycles. The van der Waals surface area contributed by atoms with E-state index in [0.717, 1.165) is 13.2 Å². The fraction of sp³-hybridized carbons (Fsp3) is 0.300. The van der Waals surface area contributed by atoms with Crippen molar-refractivity contribution >= 4 is 17.7 Å². The molecule has 0 unspecified atom stereocenters. The highest BCUT2D eigenvalue weighted by molar-refractivity contribution is 8.00. The lowest BCUT2D eigenvalue weighted by atomic mass is 10.2. The number of halogens is 3. The van der Waals surface area contributed by atoms with E-state index in [9.17, 15) is 18.0 Å². The normalized spacial score (nSPS) is 11.1. The van der Waals surface area contributed by atoms with Crippen LogP contribution in [0.5, 0.6) is 5.75 Å². The molecular formula is C10H9F3O3S. The summed E-state index contributed by atoms with van der Waals surface area (Å²) in [7, 11) is 2.46. The van der Waals surface area contributed by atoms with E-state index >= 15 is 0 Å². The van der Waals surface area contributed by atoms with Gasteiger partial charge in [0.1, 0.15) is 5.75 Å². The van der Waals surface area contributed by atoms with E-state index in [1.165, 1.54) is 19.2 Å². The molecule has 0 spiro atoms. The zero-order valence-corrected chi connectivity index (χ0v) is 9.82. The van der Waals surface area contributed by atoms with E-state index in [4.69, 9.17) is 4.74 Å². The number of hydrogen-bond donors (Lipinski definition) is 0. The number of carbonyl (C=O) groups is 1. The summed E-state index contributed by atoms with van der Waals surface area (Å²) in [4.78, 5) is 11.1. The smallest absolute Gasteiger partial charge is 0.446 e. The first kappa shape index (κ1) is 13.7. The van der Waals surface area contributed by atoms with Crippen LogP contribution in [0.25, 0.3) is 0 Å². The van der Waals surface area contributed by atoms with Gasteiger partial charge < -0.3 is 9.47 Å². The van der Waals surface area contributed by atoms with Crippen LogP contribution in [0.3, 0.4) is 0 Å². The maximum atomic E-state index is 12.2. The van der Waals surface area contributed by atoms with Crippen LogP contribution in [0.1, 0.15) is 10.4 Å². The number of methoxy groups -OCH3 is 2. The number of thioether (sulfide) groups is 1. The molecular weight excluding hydrogens is 257 g/mol. The Kier molecular flexibility index (Phi) is 4.28. The van der Waals surface area contributed by atoms with Gasteiger partial charge in [-0.1, -0.05) is 0 Å². The predicted octanol–water partition coefficient (Wildman–Crippen LogP) is 3.09. The van der Waals surface area contributed by atoms with Crippen LogP contribution in [-0.4, -0.2) is 25.7 Å². The van der Waals surface area contributed by atoms with Crippen LogP contribution >= 0.6 is 11.8 Å². The summed E-state index contributed by atoms with van der Waals surface area (Å²) < 4.78 is 45.8.